The van der Waals surface area contributed by atoms with E-state index in [2.05, 4.69) is 16.0 Å². The van der Waals surface area contributed by atoms with Crippen molar-refractivity contribution in [1.29, 1.82) is 0 Å². The molecule has 0 aliphatic carbocycles. The number of piperidine rings is 1. The zero-order chi connectivity index (χ0) is 42.1. The van der Waals surface area contributed by atoms with Crippen molar-refractivity contribution in [3.8, 4) is 32.4 Å². The Hall–Kier alpha value is -5.48. The quantitative estimate of drug-likeness (QED) is 0.0449. The fourth-order valence-electron chi connectivity index (χ4n) is 6.42. The molecule has 3 heterocycles. The van der Waals surface area contributed by atoms with Crippen molar-refractivity contribution in [3.05, 3.63) is 106 Å². The molecule has 1 saturated heterocycles. The molecule has 1 aliphatic heterocycles. The molecule has 59 heavy (non-hydrogen) atoms. The number of phenols is 2. The molecule has 12 nitrogen and oxygen atoms in total. The number of fused-ring (bicyclic) bond motifs is 2. The zero-order valence-corrected chi connectivity index (χ0v) is 34.8. The minimum Gasteiger partial charge on any atom is -0.507 e. The van der Waals surface area contributed by atoms with E-state index in [1.165, 1.54) is 34.8 Å². The van der Waals surface area contributed by atoms with Gasteiger partial charge in [0.2, 0.25) is 0 Å². The Balaban J connectivity index is 0.000000216. The molecule has 1 aliphatic rings. The molecule has 0 bridgehead atoms. The number of phenolic OH excluding ortho intramolecular Hbond substituents is 2. The Kier molecular flexibility index (Phi) is 17.1. The Morgan fingerprint density at radius 2 is 1.22 bits per heavy atom. The predicted molar refractivity (Wildman–Crippen MR) is 236 cm³/mol. The standard InChI is InChI=1S/C22H24N2O5S.C21H20N2O3S.C2H6/c23-7-9-28-11-12-29-10-8-24-22(27)21-6-5-20(30-21)16-1-3-17-15(13-16)2-4-19(26)18(17)14-25;24-12-17-16-3-1-14(11-13(16)2-4-18(17)25)19-5-6-20(27-19)21(26)23-15-7-9-22-10-8-15;1-2/h1-6,13-14,26H,7-12,23H2,(H,24,27);1-6,11-12,15,22,25H,7-10H2,(H,23,26);1-2H3. The summed E-state index contributed by atoms with van der Waals surface area (Å²) in [5.74, 6) is -0.221. The van der Waals surface area contributed by atoms with Crippen molar-refractivity contribution in [2.24, 2.45) is 5.73 Å². The summed E-state index contributed by atoms with van der Waals surface area (Å²) in [6.07, 6.45) is 3.24. The average Bonchev–Trinajstić information content (AvgIpc) is 3.98. The average molecular weight is 839 g/mol. The topological polar surface area (TPSA) is 189 Å². The summed E-state index contributed by atoms with van der Waals surface area (Å²) in [5.41, 5.74) is 7.82. The number of aldehydes is 2. The lowest BCUT2D eigenvalue weighted by Gasteiger charge is -2.23. The Morgan fingerprint density at radius 3 is 1.73 bits per heavy atom. The third-order valence-corrected chi connectivity index (χ3v) is 11.6. The van der Waals surface area contributed by atoms with Gasteiger partial charge < -0.3 is 41.4 Å². The molecule has 310 valence electrons. The van der Waals surface area contributed by atoms with Crippen LogP contribution in [0.15, 0.2) is 84.9 Å². The van der Waals surface area contributed by atoms with Crippen LogP contribution in [0.4, 0.5) is 0 Å². The highest BCUT2D eigenvalue weighted by molar-refractivity contribution is 7.17. The normalized spacial score (nSPS) is 12.5. The maximum Gasteiger partial charge on any atom is 0.261 e. The Labute approximate surface area is 351 Å². The first-order valence-corrected chi connectivity index (χ1v) is 21.2. The lowest BCUT2D eigenvalue weighted by molar-refractivity contribution is 0.0511. The third-order valence-electron chi connectivity index (χ3n) is 9.38. The van der Waals surface area contributed by atoms with Gasteiger partial charge in [0.05, 0.1) is 47.3 Å². The van der Waals surface area contributed by atoms with Gasteiger partial charge >= 0.3 is 0 Å². The number of carbonyl (C=O) groups excluding carboxylic acids is 4. The van der Waals surface area contributed by atoms with E-state index in [4.69, 9.17) is 15.2 Å². The fourth-order valence-corrected chi connectivity index (χ4v) is 8.25. The molecule has 0 unspecified atom stereocenters. The number of benzene rings is 4. The van der Waals surface area contributed by atoms with Gasteiger partial charge in [-0.2, -0.15) is 0 Å². The first-order chi connectivity index (χ1) is 28.8. The SMILES string of the molecule is CC.NCCOCCOCCNC(=O)c1ccc(-c2ccc3c(C=O)c(O)ccc3c2)s1.O=Cc1c(O)ccc2cc(-c3ccc(C(=O)NC4CCNCC4)s3)ccc12. The number of nitrogens with two attached hydrogens (primary N) is 1. The minimum absolute atomic E-state index is 0.0155. The van der Waals surface area contributed by atoms with Crippen LogP contribution in [0.2, 0.25) is 0 Å². The summed E-state index contributed by atoms with van der Waals surface area (Å²) >= 11 is 2.85. The van der Waals surface area contributed by atoms with E-state index >= 15 is 0 Å². The molecule has 2 amide bonds. The van der Waals surface area contributed by atoms with Gasteiger partial charge in [0, 0.05) is 28.9 Å². The fraction of sp³-hybridized carbons (Fsp3) is 0.289. The largest absolute Gasteiger partial charge is 0.507 e. The van der Waals surface area contributed by atoms with Gasteiger partial charge in [-0.1, -0.05) is 50.2 Å². The van der Waals surface area contributed by atoms with Crippen LogP contribution in [0.5, 0.6) is 11.5 Å². The molecule has 2 aromatic heterocycles. The smallest absolute Gasteiger partial charge is 0.261 e. The summed E-state index contributed by atoms with van der Waals surface area (Å²) in [6, 6.07) is 25.7. The molecular formula is C45H50N4O8S2. The molecule has 7 N–H and O–H groups in total. The second-order valence-corrected chi connectivity index (χ2v) is 15.4. The number of thiophene rings is 2. The molecule has 14 heteroatoms. The molecular weight excluding hydrogens is 789 g/mol. The number of hydrogen-bond acceptors (Lipinski definition) is 12. The van der Waals surface area contributed by atoms with Crippen molar-refractivity contribution < 1.29 is 38.9 Å². The highest BCUT2D eigenvalue weighted by Gasteiger charge is 2.18. The van der Waals surface area contributed by atoms with Crippen molar-refractivity contribution in [3.63, 3.8) is 0 Å². The van der Waals surface area contributed by atoms with Crippen molar-refractivity contribution in [2.45, 2.75) is 32.7 Å². The van der Waals surface area contributed by atoms with Gasteiger partial charge in [0.15, 0.2) is 12.6 Å². The summed E-state index contributed by atoms with van der Waals surface area (Å²) in [6.45, 7) is 8.65. The summed E-state index contributed by atoms with van der Waals surface area (Å²) in [7, 11) is 0. The van der Waals surface area contributed by atoms with Crippen LogP contribution in [0.25, 0.3) is 42.4 Å². The van der Waals surface area contributed by atoms with Gasteiger partial charge in [0.1, 0.15) is 11.5 Å². The highest BCUT2D eigenvalue weighted by Crippen LogP contribution is 2.35. The number of ether oxygens (including phenoxy) is 2. The maximum absolute atomic E-state index is 12.5. The van der Waals surface area contributed by atoms with Crippen LogP contribution >= 0.6 is 22.7 Å². The van der Waals surface area contributed by atoms with E-state index in [0.29, 0.717) is 78.2 Å². The van der Waals surface area contributed by atoms with Crippen LogP contribution in [0.1, 0.15) is 66.7 Å². The first kappa shape index (κ1) is 44.6. The zero-order valence-electron chi connectivity index (χ0n) is 33.1. The van der Waals surface area contributed by atoms with E-state index in [1.807, 2.05) is 68.4 Å². The van der Waals surface area contributed by atoms with Gasteiger partial charge in [-0.25, -0.2) is 0 Å². The van der Waals surface area contributed by atoms with Crippen LogP contribution in [-0.4, -0.2) is 93.2 Å². The number of nitrogens with one attached hydrogen (secondary N) is 3. The lowest BCUT2D eigenvalue weighted by atomic mass is 10.0. The minimum atomic E-state index is -0.150. The second kappa shape index (κ2) is 22.6. The molecule has 0 spiro atoms. The molecule has 7 rings (SSSR count). The van der Waals surface area contributed by atoms with Crippen molar-refractivity contribution >= 4 is 68.6 Å². The molecule has 4 aromatic carbocycles. The number of rotatable bonds is 15. The molecule has 1 fully saturated rings. The molecule has 6 aromatic rings. The number of amides is 2. The van der Waals surface area contributed by atoms with Crippen LogP contribution < -0.4 is 21.7 Å². The summed E-state index contributed by atoms with van der Waals surface area (Å²) in [4.78, 5) is 50.5. The van der Waals surface area contributed by atoms with Crippen LogP contribution in [-0.2, 0) is 9.47 Å². The van der Waals surface area contributed by atoms with Crippen molar-refractivity contribution in [2.75, 3.05) is 52.6 Å². The van der Waals surface area contributed by atoms with E-state index in [-0.39, 0.29) is 34.9 Å². The lowest BCUT2D eigenvalue weighted by Crippen LogP contribution is -2.42. The van der Waals surface area contributed by atoms with Gasteiger partial charge in [-0.3, -0.25) is 19.2 Å². The van der Waals surface area contributed by atoms with E-state index in [9.17, 15) is 29.4 Å². The molecule has 0 radical (unpaired) electrons. The van der Waals surface area contributed by atoms with Gasteiger partial charge in [-0.15, -0.1) is 22.7 Å². The first-order valence-electron chi connectivity index (χ1n) is 19.6. The third kappa shape index (κ3) is 11.8. The molecule has 0 saturated carbocycles. The van der Waals surface area contributed by atoms with E-state index in [1.54, 1.807) is 18.2 Å². The molecule has 0 atom stereocenters. The highest BCUT2D eigenvalue weighted by atomic mass is 32.1. The summed E-state index contributed by atoms with van der Waals surface area (Å²) in [5, 5.41) is 32.0. The number of aromatic hydroxyl groups is 2. The van der Waals surface area contributed by atoms with E-state index in [0.717, 1.165) is 57.6 Å². The summed E-state index contributed by atoms with van der Waals surface area (Å²) < 4.78 is 10.6. The number of hydrogen-bond donors (Lipinski definition) is 6. The predicted octanol–water partition coefficient (Wildman–Crippen LogP) is 7.40. The van der Waals surface area contributed by atoms with E-state index < -0.39 is 0 Å². The number of carbonyl (C=O) groups is 4. The second-order valence-electron chi connectivity index (χ2n) is 13.2. The van der Waals surface area contributed by atoms with Crippen molar-refractivity contribution in [1.82, 2.24) is 16.0 Å². The Bertz CT molecular complexity index is 2350. The van der Waals surface area contributed by atoms with Gasteiger partial charge in [-0.05, 0) is 107 Å². The Morgan fingerprint density at radius 1 is 0.712 bits per heavy atom. The van der Waals surface area contributed by atoms with Crippen LogP contribution in [0.3, 0.4) is 0 Å². The van der Waals surface area contributed by atoms with Gasteiger partial charge in [0.25, 0.3) is 11.8 Å². The maximum atomic E-state index is 12.5. The monoisotopic (exact) mass is 838 g/mol. The van der Waals surface area contributed by atoms with Crippen LogP contribution in [0, 0.1) is 0 Å².